The van der Waals surface area contributed by atoms with Gasteiger partial charge in [0.15, 0.2) is 0 Å². The minimum atomic E-state index is -0.311. The number of carbonyl (C=O) groups is 1. The molecule has 2 N–H and O–H groups in total. The summed E-state index contributed by atoms with van der Waals surface area (Å²) in [7, 11) is 0. The lowest BCUT2D eigenvalue weighted by molar-refractivity contribution is 0.102. The number of aromatic hydroxyl groups is 1. The standard InChI is InChI=1S/C15H15NO2S/c1-10-3-8-13(14(17)9-10)15(18)16-11-4-6-12(19-2)7-5-11/h3-9,17H,1-2H3,(H,16,18). The number of phenols is 1. The molecule has 1 amide bonds. The van der Waals surface area contributed by atoms with Gasteiger partial charge in [-0.3, -0.25) is 4.79 Å². The van der Waals surface area contributed by atoms with E-state index in [4.69, 9.17) is 0 Å². The van der Waals surface area contributed by atoms with E-state index in [2.05, 4.69) is 5.32 Å². The minimum Gasteiger partial charge on any atom is -0.507 e. The maximum Gasteiger partial charge on any atom is 0.259 e. The van der Waals surface area contributed by atoms with Crippen LogP contribution >= 0.6 is 11.8 Å². The average molecular weight is 273 g/mol. The summed E-state index contributed by atoms with van der Waals surface area (Å²) in [5.41, 5.74) is 1.90. The van der Waals surface area contributed by atoms with E-state index < -0.39 is 0 Å². The molecule has 4 heteroatoms. The van der Waals surface area contributed by atoms with Crippen molar-refractivity contribution < 1.29 is 9.90 Å². The van der Waals surface area contributed by atoms with Gasteiger partial charge in [-0.25, -0.2) is 0 Å². The van der Waals surface area contributed by atoms with E-state index in [1.807, 2.05) is 37.4 Å². The molecule has 0 bridgehead atoms. The lowest BCUT2D eigenvalue weighted by Gasteiger charge is -2.08. The molecule has 0 aromatic heterocycles. The van der Waals surface area contributed by atoms with E-state index in [0.29, 0.717) is 5.69 Å². The van der Waals surface area contributed by atoms with Crippen LogP contribution in [0, 0.1) is 6.92 Å². The topological polar surface area (TPSA) is 49.3 Å². The van der Waals surface area contributed by atoms with E-state index in [-0.39, 0.29) is 17.2 Å². The number of benzene rings is 2. The fourth-order valence-electron chi connectivity index (χ4n) is 1.71. The monoisotopic (exact) mass is 273 g/mol. The Morgan fingerprint density at radius 1 is 1.16 bits per heavy atom. The van der Waals surface area contributed by atoms with Crippen molar-refractivity contribution in [3.63, 3.8) is 0 Å². The van der Waals surface area contributed by atoms with Gasteiger partial charge < -0.3 is 10.4 Å². The second kappa shape index (κ2) is 5.80. The van der Waals surface area contributed by atoms with Gasteiger partial charge in [0.2, 0.25) is 0 Å². The predicted octanol–water partition coefficient (Wildman–Crippen LogP) is 3.67. The van der Waals surface area contributed by atoms with Gasteiger partial charge >= 0.3 is 0 Å². The summed E-state index contributed by atoms with van der Waals surface area (Å²) in [6, 6.07) is 12.6. The van der Waals surface area contributed by atoms with Crippen LogP contribution in [0.25, 0.3) is 0 Å². The molecule has 19 heavy (non-hydrogen) atoms. The molecule has 0 fully saturated rings. The largest absolute Gasteiger partial charge is 0.507 e. The summed E-state index contributed by atoms with van der Waals surface area (Å²) in [4.78, 5) is 13.2. The van der Waals surface area contributed by atoms with E-state index >= 15 is 0 Å². The number of nitrogens with one attached hydrogen (secondary N) is 1. The molecular weight excluding hydrogens is 258 g/mol. The molecule has 0 aliphatic carbocycles. The molecule has 0 atom stereocenters. The highest BCUT2D eigenvalue weighted by atomic mass is 32.2. The molecule has 0 aliphatic heterocycles. The maximum absolute atomic E-state index is 12.0. The van der Waals surface area contributed by atoms with Gasteiger partial charge in [-0.1, -0.05) is 6.07 Å². The molecule has 98 valence electrons. The fraction of sp³-hybridized carbons (Fsp3) is 0.133. The first-order chi connectivity index (χ1) is 9.10. The second-order valence-corrected chi connectivity index (χ2v) is 5.08. The van der Waals surface area contributed by atoms with Crippen LogP contribution in [0.3, 0.4) is 0 Å². The number of amides is 1. The molecule has 0 radical (unpaired) electrons. The lowest BCUT2D eigenvalue weighted by Crippen LogP contribution is -2.12. The molecule has 0 aliphatic rings. The Morgan fingerprint density at radius 3 is 2.42 bits per heavy atom. The number of rotatable bonds is 3. The van der Waals surface area contributed by atoms with E-state index in [0.717, 1.165) is 10.5 Å². The van der Waals surface area contributed by atoms with Gasteiger partial charge in [-0.05, 0) is 55.1 Å². The lowest BCUT2D eigenvalue weighted by atomic mass is 10.1. The van der Waals surface area contributed by atoms with Crippen molar-refractivity contribution in [2.75, 3.05) is 11.6 Å². The maximum atomic E-state index is 12.0. The number of hydrogen-bond donors (Lipinski definition) is 2. The summed E-state index contributed by atoms with van der Waals surface area (Å²) in [6.45, 7) is 1.86. The van der Waals surface area contributed by atoms with Crippen LogP contribution in [0.15, 0.2) is 47.4 Å². The normalized spacial score (nSPS) is 10.2. The van der Waals surface area contributed by atoms with Gasteiger partial charge in [-0.15, -0.1) is 11.8 Å². The van der Waals surface area contributed by atoms with Crippen molar-refractivity contribution in [2.45, 2.75) is 11.8 Å². The Hall–Kier alpha value is -1.94. The molecule has 0 heterocycles. The fourth-order valence-corrected chi connectivity index (χ4v) is 2.11. The van der Waals surface area contributed by atoms with Crippen molar-refractivity contribution in [2.24, 2.45) is 0 Å². The van der Waals surface area contributed by atoms with Crippen LogP contribution in [0.1, 0.15) is 15.9 Å². The summed E-state index contributed by atoms with van der Waals surface area (Å²) in [6.07, 6.45) is 2.00. The SMILES string of the molecule is CSc1ccc(NC(=O)c2ccc(C)cc2O)cc1. The van der Waals surface area contributed by atoms with Gasteiger partial charge in [0, 0.05) is 10.6 Å². The molecule has 0 saturated heterocycles. The summed E-state index contributed by atoms with van der Waals surface area (Å²) in [5.74, 6) is -0.312. The third kappa shape index (κ3) is 3.29. The van der Waals surface area contributed by atoms with Gasteiger partial charge in [-0.2, -0.15) is 0 Å². The first kappa shape index (κ1) is 13.5. The van der Waals surface area contributed by atoms with Gasteiger partial charge in [0.1, 0.15) is 5.75 Å². The molecule has 0 spiro atoms. The molecule has 2 aromatic rings. The first-order valence-corrected chi connectivity index (χ1v) is 7.07. The minimum absolute atomic E-state index is 0.00164. The van der Waals surface area contributed by atoms with Crippen LogP contribution < -0.4 is 5.32 Å². The van der Waals surface area contributed by atoms with E-state index in [1.54, 1.807) is 30.0 Å². The zero-order valence-corrected chi connectivity index (χ0v) is 11.6. The summed E-state index contributed by atoms with van der Waals surface area (Å²) < 4.78 is 0. The van der Waals surface area contributed by atoms with E-state index in [9.17, 15) is 9.90 Å². The van der Waals surface area contributed by atoms with Gasteiger partial charge in [0.05, 0.1) is 5.56 Å². The third-order valence-corrected chi connectivity index (χ3v) is 3.49. The highest BCUT2D eigenvalue weighted by molar-refractivity contribution is 7.98. The number of hydrogen-bond acceptors (Lipinski definition) is 3. The van der Waals surface area contributed by atoms with Gasteiger partial charge in [0.25, 0.3) is 5.91 Å². The smallest absolute Gasteiger partial charge is 0.259 e. The zero-order valence-electron chi connectivity index (χ0n) is 10.8. The van der Waals surface area contributed by atoms with Crippen LogP contribution in [0.4, 0.5) is 5.69 Å². The molecular formula is C15H15NO2S. The first-order valence-electron chi connectivity index (χ1n) is 5.85. The Kier molecular flexibility index (Phi) is 4.12. The quantitative estimate of drug-likeness (QED) is 0.839. The number of phenolic OH excluding ortho intramolecular Hbond substituents is 1. The van der Waals surface area contributed by atoms with Crippen LogP contribution in [-0.4, -0.2) is 17.3 Å². The summed E-state index contributed by atoms with van der Waals surface area (Å²) >= 11 is 1.64. The Labute approximate surface area is 116 Å². The summed E-state index contributed by atoms with van der Waals surface area (Å²) in [5, 5.41) is 12.5. The number of aryl methyl sites for hydroxylation is 1. The third-order valence-electron chi connectivity index (χ3n) is 2.75. The molecule has 3 nitrogen and oxygen atoms in total. The van der Waals surface area contributed by atoms with Crippen molar-refractivity contribution in [1.82, 2.24) is 0 Å². The highest BCUT2D eigenvalue weighted by Gasteiger charge is 2.11. The highest BCUT2D eigenvalue weighted by Crippen LogP contribution is 2.21. The Morgan fingerprint density at radius 2 is 1.84 bits per heavy atom. The van der Waals surface area contributed by atoms with Crippen molar-refractivity contribution in [3.05, 3.63) is 53.6 Å². The van der Waals surface area contributed by atoms with Crippen molar-refractivity contribution in [3.8, 4) is 5.75 Å². The van der Waals surface area contributed by atoms with Crippen LogP contribution in [0.5, 0.6) is 5.75 Å². The second-order valence-electron chi connectivity index (χ2n) is 4.20. The number of anilines is 1. The predicted molar refractivity (Wildman–Crippen MR) is 79.0 cm³/mol. The van der Waals surface area contributed by atoms with Crippen molar-refractivity contribution in [1.29, 1.82) is 0 Å². The van der Waals surface area contributed by atoms with Crippen LogP contribution in [0.2, 0.25) is 0 Å². The average Bonchev–Trinajstić information content (AvgIpc) is 2.39. The van der Waals surface area contributed by atoms with Crippen LogP contribution in [-0.2, 0) is 0 Å². The number of carbonyl (C=O) groups excluding carboxylic acids is 1. The zero-order chi connectivity index (χ0) is 13.8. The van der Waals surface area contributed by atoms with Crippen molar-refractivity contribution >= 4 is 23.4 Å². The molecule has 2 aromatic carbocycles. The Bertz CT molecular complexity index is 594. The Balaban J connectivity index is 2.15. The molecule has 2 rings (SSSR count). The molecule has 0 unspecified atom stereocenters. The number of thioether (sulfide) groups is 1. The molecule has 0 saturated carbocycles. The van der Waals surface area contributed by atoms with E-state index in [1.165, 1.54) is 0 Å².